The van der Waals surface area contributed by atoms with Gasteiger partial charge in [0, 0.05) is 22.6 Å². The van der Waals surface area contributed by atoms with E-state index in [1.54, 1.807) is 22.7 Å². The van der Waals surface area contributed by atoms with Gasteiger partial charge in [-0.25, -0.2) is 9.97 Å². The van der Waals surface area contributed by atoms with Crippen LogP contribution in [0.15, 0.2) is 36.4 Å². The van der Waals surface area contributed by atoms with Crippen molar-refractivity contribution in [1.82, 2.24) is 9.97 Å². The van der Waals surface area contributed by atoms with Crippen molar-refractivity contribution >= 4 is 64.6 Å². The second kappa shape index (κ2) is 7.16. The summed E-state index contributed by atoms with van der Waals surface area (Å²) in [7, 11) is 0. The van der Waals surface area contributed by atoms with Crippen molar-refractivity contribution < 1.29 is 9.47 Å². The summed E-state index contributed by atoms with van der Waals surface area (Å²) in [4.78, 5) is 11.3. The summed E-state index contributed by atoms with van der Waals surface area (Å²) < 4.78 is 13.4. The van der Waals surface area contributed by atoms with Crippen LogP contribution in [0.3, 0.4) is 0 Å². The van der Waals surface area contributed by atoms with Gasteiger partial charge >= 0.3 is 0 Å². The molecule has 1 N–H and O–H groups in total. The van der Waals surface area contributed by atoms with Crippen LogP contribution in [-0.2, 0) is 12.8 Å². The highest BCUT2D eigenvalue weighted by Gasteiger charge is 2.27. The van der Waals surface area contributed by atoms with E-state index in [-0.39, 0.29) is 6.79 Å². The minimum Gasteiger partial charge on any atom is -0.454 e. The number of hydrogen-bond acceptors (Lipinski definition) is 8. The molecule has 0 saturated heterocycles. The Labute approximate surface area is 196 Å². The molecular weight excluding hydrogens is 458 g/mol. The Hall–Kier alpha value is -2.68. The second-order valence-electron chi connectivity index (χ2n) is 8.36. The number of nitrogens with zero attached hydrogens (tertiary/aromatic N) is 2. The van der Waals surface area contributed by atoms with Crippen LogP contribution in [-0.4, -0.2) is 16.8 Å². The summed E-state index contributed by atoms with van der Waals surface area (Å²) in [6, 6.07) is 12.4. The molecule has 2 aromatic carbocycles. The number of ether oxygens (including phenoxy) is 2. The van der Waals surface area contributed by atoms with Crippen molar-refractivity contribution in [3.8, 4) is 22.1 Å². The molecule has 0 unspecified atom stereocenters. The van der Waals surface area contributed by atoms with E-state index in [4.69, 9.17) is 19.4 Å². The zero-order valence-electron chi connectivity index (χ0n) is 17.3. The van der Waals surface area contributed by atoms with Gasteiger partial charge in [-0.1, -0.05) is 30.4 Å². The van der Waals surface area contributed by atoms with E-state index in [9.17, 15) is 0 Å². The molecule has 1 atom stereocenters. The van der Waals surface area contributed by atoms with Gasteiger partial charge in [-0.3, -0.25) is 0 Å². The number of nitrogens with one attached hydrogen (secondary N) is 1. The van der Waals surface area contributed by atoms with E-state index < -0.39 is 0 Å². The van der Waals surface area contributed by atoms with E-state index in [1.807, 2.05) is 23.5 Å². The first-order chi connectivity index (χ1) is 15.7. The van der Waals surface area contributed by atoms with Gasteiger partial charge in [0.2, 0.25) is 6.79 Å². The van der Waals surface area contributed by atoms with E-state index >= 15 is 0 Å². The zero-order valence-corrected chi connectivity index (χ0v) is 19.8. The molecular formula is C24H19N3O2S3. The lowest BCUT2D eigenvalue weighted by molar-refractivity contribution is 0.174. The van der Waals surface area contributed by atoms with Crippen molar-refractivity contribution in [2.75, 3.05) is 12.1 Å². The molecule has 3 aromatic heterocycles. The lowest BCUT2D eigenvalue weighted by Crippen LogP contribution is -2.09. The number of fused-ring (bicyclic) bond motifs is 4. The van der Waals surface area contributed by atoms with Crippen molar-refractivity contribution in [2.45, 2.75) is 26.2 Å². The highest BCUT2D eigenvalue weighted by atomic mass is 32.1. The number of anilines is 2. The summed E-state index contributed by atoms with van der Waals surface area (Å²) in [5, 5.41) is 6.80. The molecule has 0 saturated carbocycles. The quantitative estimate of drug-likeness (QED) is 0.297. The first-order valence-electron chi connectivity index (χ1n) is 10.7. The predicted octanol–water partition coefficient (Wildman–Crippen LogP) is 7.23. The fourth-order valence-corrected chi connectivity index (χ4v) is 7.98. The zero-order chi connectivity index (χ0) is 21.2. The van der Waals surface area contributed by atoms with Crippen LogP contribution in [0, 0.1) is 5.92 Å². The van der Waals surface area contributed by atoms with Crippen LogP contribution >= 0.6 is 34.0 Å². The maximum Gasteiger partial charge on any atom is 0.231 e. The van der Waals surface area contributed by atoms with Gasteiger partial charge in [0.25, 0.3) is 0 Å². The van der Waals surface area contributed by atoms with Gasteiger partial charge in [0.15, 0.2) is 16.6 Å². The number of para-hydroxylation sites is 1. The second-order valence-corrected chi connectivity index (χ2v) is 11.5. The standard InChI is InChI=1S/C24H19N3O2S3/c1-12-6-7-13-19(8-12)31-23(21(13)22-25-14-4-2-3-5-18(14)30-22)27-24-26-15-9-16-17(29-11-28-16)10-20(15)32-24/h2-5,9-10,12H,6-8,11H2,1H3,(H,26,27)/t12-/m1/s1. The molecule has 1 aliphatic carbocycles. The number of hydrogen-bond donors (Lipinski definition) is 1. The molecule has 7 rings (SSSR count). The van der Waals surface area contributed by atoms with Crippen molar-refractivity contribution in [2.24, 2.45) is 5.92 Å². The van der Waals surface area contributed by atoms with Crippen molar-refractivity contribution in [1.29, 1.82) is 0 Å². The molecule has 1 aliphatic heterocycles. The molecule has 8 heteroatoms. The SMILES string of the molecule is C[C@@H]1CCc2c(sc(Nc3nc4cc5c(cc4s3)OCO5)c2-c2nc3ccccc3s2)C1. The van der Waals surface area contributed by atoms with E-state index in [0.717, 1.165) is 61.1 Å². The van der Waals surface area contributed by atoms with Crippen LogP contribution in [0.5, 0.6) is 11.5 Å². The lowest BCUT2D eigenvalue weighted by Gasteiger charge is -2.18. The topological polar surface area (TPSA) is 56.3 Å². The number of rotatable bonds is 3. The molecule has 0 amide bonds. The van der Waals surface area contributed by atoms with Gasteiger partial charge in [-0.15, -0.1) is 22.7 Å². The van der Waals surface area contributed by atoms with E-state index in [1.165, 1.54) is 27.1 Å². The average Bonchev–Trinajstić information content (AvgIpc) is 3.54. The maximum atomic E-state index is 5.54. The Balaban J connectivity index is 1.34. The largest absolute Gasteiger partial charge is 0.454 e. The number of benzene rings is 2. The molecule has 2 aliphatic rings. The van der Waals surface area contributed by atoms with Crippen LogP contribution < -0.4 is 14.8 Å². The first-order valence-corrected chi connectivity index (χ1v) is 13.1. The predicted molar refractivity (Wildman–Crippen MR) is 133 cm³/mol. The van der Waals surface area contributed by atoms with Crippen LogP contribution in [0.25, 0.3) is 31.0 Å². The lowest BCUT2D eigenvalue weighted by atomic mass is 9.88. The van der Waals surface area contributed by atoms with Crippen molar-refractivity contribution in [3.05, 3.63) is 46.8 Å². The van der Waals surface area contributed by atoms with Crippen LogP contribution in [0.2, 0.25) is 0 Å². The van der Waals surface area contributed by atoms with Gasteiger partial charge in [0.1, 0.15) is 10.0 Å². The van der Waals surface area contributed by atoms with Gasteiger partial charge < -0.3 is 14.8 Å². The van der Waals surface area contributed by atoms with E-state index in [0.29, 0.717) is 0 Å². The summed E-state index contributed by atoms with van der Waals surface area (Å²) in [6.45, 7) is 2.63. The highest BCUT2D eigenvalue weighted by Crippen LogP contribution is 2.48. The Bertz CT molecular complexity index is 1430. The number of thiazole rings is 2. The van der Waals surface area contributed by atoms with Crippen molar-refractivity contribution in [3.63, 3.8) is 0 Å². The Kier molecular flexibility index (Phi) is 4.22. The fourth-order valence-electron chi connectivity index (χ4n) is 4.51. The average molecular weight is 478 g/mol. The minimum atomic E-state index is 0.280. The molecule has 160 valence electrons. The fraction of sp³-hybridized carbons (Fsp3) is 0.250. The number of thiophene rings is 1. The molecule has 32 heavy (non-hydrogen) atoms. The molecule has 0 fully saturated rings. The van der Waals surface area contributed by atoms with Gasteiger partial charge in [-0.2, -0.15) is 0 Å². The smallest absolute Gasteiger partial charge is 0.231 e. The first kappa shape index (κ1) is 18.8. The minimum absolute atomic E-state index is 0.280. The van der Waals surface area contributed by atoms with Gasteiger partial charge in [0.05, 0.1) is 20.4 Å². The maximum absolute atomic E-state index is 5.54. The Morgan fingerprint density at radius 1 is 0.969 bits per heavy atom. The summed E-state index contributed by atoms with van der Waals surface area (Å²) >= 11 is 5.29. The molecule has 0 bridgehead atoms. The molecule has 0 radical (unpaired) electrons. The Morgan fingerprint density at radius 2 is 1.84 bits per heavy atom. The van der Waals surface area contributed by atoms with E-state index in [2.05, 4.69) is 36.5 Å². The van der Waals surface area contributed by atoms with Gasteiger partial charge in [-0.05, 0) is 42.9 Å². The van der Waals surface area contributed by atoms with Crippen LogP contribution in [0.4, 0.5) is 10.1 Å². The monoisotopic (exact) mass is 477 g/mol. The Morgan fingerprint density at radius 3 is 2.75 bits per heavy atom. The highest BCUT2D eigenvalue weighted by molar-refractivity contribution is 7.24. The normalized spacial score (nSPS) is 17.2. The number of aromatic nitrogens is 2. The third kappa shape index (κ3) is 3.01. The summed E-state index contributed by atoms with van der Waals surface area (Å²) in [5.74, 6) is 2.29. The van der Waals surface area contributed by atoms with Crippen LogP contribution in [0.1, 0.15) is 23.8 Å². The molecule has 5 nitrogen and oxygen atoms in total. The molecule has 0 spiro atoms. The summed E-state index contributed by atoms with van der Waals surface area (Å²) in [6.07, 6.45) is 3.48. The third-order valence-electron chi connectivity index (χ3n) is 6.12. The molecule has 4 heterocycles. The summed E-state index contributed by atoms with van der Waals surface area (Å²) in [5.41, 5.74) is 4.73. The third-order valence-corrected chi connectivity index (χ3v) is 9.28. The molecule has 5 aromatic rings.